The average molecular weight is 325 g/mol. The lowest BCUT2D eigenvalue weighted by Crippen LogP contribution is -2.19. The minimum atomic E-state index is 0.492. The number of halogens is 2. The van der Waals surface area contributed by atoms with Crippen molar-refractivity contribution in [2.75, 3.05) is 10.6 Å². The number of rotatable bonds is 2. The molecule has 5 heteroatoms. The van der Waals surface area contributed by atoms with E-state index in [9.17, 15) is 0 Å². The molecule has 2 N–H and O–H groups in total. The molecule has 0 unspecified atom stereocenters. The standard InChI is InChI=1S/C15H14Cl2N2S/c1-9-3-6-14(10(2)7-9)19-15(20)18-11-4-5-12(16)13(17)8-11/h3-8H,1-2H3,(H2,18,19,20). The summed E-state index contributed by atoms with van der Waals surface area (Å²) in [5.41, 5.74) is 4.13. The second-order valence-electron chi connectivity index (χ2n) is 4.53. The topological polar surface area (TPSA) is 24.1 Å². The Kier molecular flexibility index (Phi) is 4.86. The van der Waals surface area contributed by atoms with Gasteiger partial charge in [-0.25, -0.2) is 0 Å². The van der Waals surface area contributed by atoms with Crippen molar-refractivity contribution in [2.45, 2.75) is 13.8 Å². The predicted octanol–water partition coefficient (Wildman–Crippen LogP) is 5.42. The van der Waals surface area contributed by atoms with Gasteiger partial charge in [0.25, 0.3) is 0 Å². The van der Waals surface area contributed by atoms with E-state index in [1.54, 1.807) is 12.1 Å². The van der Waals surface area contributed by atoms with Crippen LogP contribution in [0.2, 0.25) is 10.0 Å². The fraction of sp³-hybridized carbons (Fsp3) is 0.133. The molecule has 0 aliphatic carbocycles. The predicted molar refractivity (Wildman–Crippen MR) is 92.2 cm³/mol. The minimum absolute atomic E-state index is 0.492. The zero-order chi connectivity index (χ0) is 14.7. The van der Waals surface area contributed by atoms with Crippen LogP contribution in [0.1, 0.15) is 11.1 Å². The molecule has 0 heterocycles. The molecular weight excluding hydrogens is 311 g/mol. The van der Waals surface area contributed by atoms with Gasteiger partial charge in [0.2, 0.25) is 0 Å². The summed E-state index contributed by atoms with van der Waals surface area (Å²) in [4.78, 5) is 0. The Hall–Kier alpha value is -1.29. The quantitative estimate of drug-likeness (QED) is 0.721. The van der Waals surface area contributed by atoms with Crippen LogP contribution in [0.15, 0.2) is 36.4 Å². The largest absolute Gasteiger partial charge is 0.332 e. The van der Waals surface area contributed by atoms with E-state index in [2.05, 4.69) is 23.6 Å². The van der Waals surface area contributed by atoms with E-state index >= 15 is 0 Å². The maximum atomic E-state index is 5.96. The van der Waals surface area contributed by atoms with Crippen molar-refractivity contribution >= 4 is 51.9 Å². The highest BCUT2D eigenvalue weighted by molar-refractivity contribution is 7.80. The molecule has 2 aromatic rings. The molecule has 0 bridgehead atoms. The molecule has 0 spiro atoms. The summed E-state index contributed by atoms with van der Waals surface area (Å²) in [7, 11) is 0. The van der Waals surface area contributed by atoms with E-state index in [0.29, 0.717) is 15.2 Å². The van der Waals surface area contributed by atoms with Crippen LogP contribution in [0.5, 0.6) is 0 Å². The molecule has 0 amide bonds. The van der Waals surface area contributed by atoms with E-state index in [1.807, 2.05) is 25.1 Å². The van der Waals surface area contributed by atoms with Gasteiger partial charge in [0.1, 0.15) is 0 Å². The van der Waals surface area contributed by atoms with Crippen molar-refractivity contribution in [3.63, 3.8) is 0 Å². The third-order valence-corrected chi connectivity index (χ3v) is 3.75. The first-order valence-corrected chi connectivity index (χ1v) is 7.22. The molecule has 20 heavy (non-hydrogen) atoms. The zero-order valence-electron chi connectivity index (χ0n) is 11.1. The second kappa shape index (κ2) is 6.44. The van der Waals surface area contributed by atoms with Gasteiger partial charge in [-0.05, 0) is 55.9 Å². The lowest BCUT2D eigenvalue weighted by atomic mass is 10.1. The van der Waals surface area contributed by atoms with Gasteiger partial charge >= 0.3 is 0 Å². The molecule has 0 radical (unpaired) electrons. The van der Waals surface area contributed by atoms with Gasteiger partial charge < -0.3 is 10.6 Å². The van der Waals surface area contributed by atoms with Gasteiger partial charge in [-0.3, -0.25) is 0 Å². The molecule has 0 atom stereocenters. The molecule has 0 aliphatic heterocycles. The van der Waals surface area contributed by atoms with Crippen molar-refractivity contribution in [3.8, 4) is 0 Å². The summed E-state index contributed by atoms with van der Waals surface area (Å²) in [6.07, 6.45) is 0. The summed E-state index contributed by atoms with van der Waals surface area (Å²) in [6, 6.07) is 11.4. The first-order chi connectivity index (χ1) is 9.45. The van der Waals surface area contributed by atoms with Crippen LogP contribution in [0.25, 0.3) is 0 Å². The van der Waals surface area contributed by atoms with Crippen molar-refractivity contribution in [3.05, 3.63) is 57.6 Å². The van der Waals surface area contributed by atoms with E-state index in [4.69, 9.17) is 35.4 Å². The summed E-state index contributed by atoms with van der Waals surface area (Å²) >= 11 is 17.1. The van der Waals surface area contributed by atoms with Crippen molar-refractivity contribution in [1.82, 2.24) is 0 Å². The fourth-order valence-electron chi connectivity index (χ4n) is 1.81. The zero-order valence-corrected chi connectivity index (χ0v) is 13.5. The highest BCUT2D eigenvalue weighted by Crippen LogP contribution is 2.25. The van der Waals surface area contributed by atoms with Crippen LogP contribution in [0.4, 0.5) is 11.4 Å². The Morgan fingerprint density at radius 3 is 2.35 bits per heavy atom. The Bertz CT molecular complexity index is 656. The fourth-order valence-corrected chi connectivity index (χ4v) is 2.34. The van der Waals surface area contributed by atoms with Crippen LogP contribution in [-0.4, -0.2) is 5.11 Å². The maximum Gasteiger partial charge on any atom is 0.175 e. The van der Waals surface area contributed by atoms with E-state index in [-0.39, 0.29) is 0 Å². The average Bonchev–Trinajstić information content (AvgIpc) is 2.37. The normalized spacial score (nSPS) is 10.2. The summed E-state index contributed by atoms with van der Waals surface area (Å²) < 4.78 is 0. The number of aryl methyl sites for hydroxylation is 2. The van der Waals surface area contributed by atoms with Crippen molar-refractivity contribution in [2.24, 2.45) is 0 Å². The van der Waals surface area contributed by atoms with Gasteiger partial charge in [0, 0.05) is 11.4 Å². The monoisotopic (exact) mass is 324 g/mol. The van der Waals surface area contributed by atoms with Crippen LogP contribution in [0, 0.1) is 13.8 Å². The number of hydrogen-bond acceptors (Lipinski definition) is 1. The smallest absolute Gasteiger partial charge is 0.175 e. The molecule has 0 aromatic heterocycles. The SMILES string of the molecule is Cc1ccc(NC(=S)Nc2ccc(Cl)c(Cl)c2)c(C)c1. The van der Waals surface area contributed by atoms with Crippen LogP contribution in [-0.2, 0) is 0 Å². The second-order valence-corrected chi connectivity index (χ2v) is 5.75. The van der Waals surface area contributed by atoms with Gasteiger partial charge in [-0.2, -0.15) is 0 Å². The lowest BCUT2D eigenvalue weighted by Gasteiger charge is -2.13. The maximum absolute atomic E-state index is 5.96. The molecule has 0 aliphatic rings. The van der Waals surface area contributed by atoms with Gasteiger partial charge in [0.05, 0.1) is 10.0 Å². The molecule has 2 nitrogen and oxygen atoms in total. The number of hydrogen-bond donors (Lipinski definition) is 2. The van der Waals surface area contributed by atoms with Gasteiger partial charge in [-0.1, -0.05) is 40.9 Å². The van der Waals surface area contributed by atoms with Crippen molar-refractivity contribution < 1.29 is 0 Å². The highest BCUT2D eigenvalue weighted by atomic mass is 35.5. The molecular formula is C15H14Cl2N2S. The Labute approximate surface area is 134 Å². The molecule has 104 valence electrons. The number of anilines is 2. The molecule has 0 fully saturated rings. The lowest BCUT2D eigenvalue weighted by molar-refractivity contribution is 1.38. The van der Waals surface area contributed by atoms with Crippen LogP contribution < -0.4 is 10.6 Å². The summed E-state index contributed by atoms with van der Waals surface area (Å²) in [5.74, 6) is 0. The Balaban J connectivity index is 2.07. The highest BCUT2D eigenvalue weighted by Gasteiger charge is 2.04. The third kappa shape index (κ3) is 3.85. The number of benzene rings is 2. The Morgan fingerprint density at radius 1 is 0.950 bits per heavy atom. The Morgan fingerprint density at radius 2 is 1.70 bits per heavy atom. The number of thiocarbonyl (C=S) groups is 1. The summed E-state index contributed by atoms with van der Waals surface area (Å²) in [6.45, 7) is 4.10. The molecule has 0 saturated heterocycles. The van der Waals surface area contributed by atoms with E-state index < -0.39 is 0 Å². The van der Waals surface area contributed by atoms with Gasteiger partial charge in [-0.15, -0.1) is 0 Å². The summed E-state index contributed by atoms with van der Waals surface area (Å²) in [5, 5.41) is 7.76. The van der Waals surface area contributed by atoms with Crippen LogP contribution in [0.3, 0.4) is 0 Å². The van der Waals surface area contributed by atoms with E-state index in [0.717, 1.165) is 16.9 Å². The molecule has 2 aromatic carbocycles. The first-order valence-electron chi connectivity index (χ1n) is 6.06. The number of nitrogens with one attached hydrogen (secondary N) is 2. The molecule has 2 rings (SSSR count). The minimum Gasteiger partial charge on any atom is -0.332 e. The third-order valence-electron chi connectivity index (χ3n) is 2.81. The van der Waals surface area contributed by atoms with E-state index in [1.165, 1.54) is 5.56 Å². The molecule has 0 saturated carbocycles. The van der Waals surface area contributed by atoms with Gasteiger partial charge in [0.15, 0.2) is 5.11 Å². The first kappa shape index (κ1) is 15.1. The van der Waals surface area contributed by atoms with Crippen molar-refractivity contribution in [1.29, 1.82) is 0 Å². The van der Waals surface area contributed by atoms with Crippen LogP contribution >= 0.6 is 35.4 Å².